The number of carbonyl (C=O) groups excluding carboxylic acids is 2. The zero-order chi connectivity index (χ0) is 23.2. The van der Waals surface area contributed by atoms with Crippen molar-refractivity contribution in [2.24, 2.45) is 5.92 Å². The van der Waals surface area contributed by atoms with Crippen molar-refractivity contribution in [1.29, 1.82) is 0 Å². The van der Waals surface area contributed by atoms with Crippen LogP contribution < -0.4 is 16.0 Å². The Kier molecular flexibility index (Phi) is 7.00. The molecule has 0 aliphatic carbocycles. The Morgan fingerprint density at radius 3 is 2.39 bits per heavy atom. The van der Waals surface area contributed by atoms with E-state index in [1.54, 1.807) is 30.3 Å². The summed E-state index contributed by atoms with van der Waals surface area (Å²) in [4.78, 5) is 27.4. The third-order valence-electron chi connectivity index (χ3n) is 5.72. The number of likely N-dealkylation sites (tertiary alicyclic amines) is 1. The Morgan fingerprint density at radius 1 is 0.909 bits per heavy atom. The van der Waals surface area contributed by atoms with Crippen molar-refractivity contribution < 1.29 is 14.0 Å². The van der Waals surface area contributed by atoms with Crippen LogP contribution >= 0.6 is 0 Å². The Hall–Kier alpha value is -3.71. The van der Waals surface area contributed by atoms with Gasteiger partial charge in [-0.15, -0.1) is 0 Å². The molecule has 1 aliphatic heterocycles. The topological polar surface area (TPSA) is 73.5 Å². The van der Waals surface area contributed by atoms with E-state index in [1.807, 2.05) is 18.2 Å². The van der Waals surface area contributed by atoms with Crippen molar-refractivity contribution in [2.75, 3.05) is 23.7 Å². The van der Waals surface area contributed by atoms with Crippen molar-refractivity contribution in [2.45, 2.75) is 19.5 Å². The molecule has 0 saturated carbocycles. The molecule has 1 aliphatic rings. The van der Waals surface area contributed by atoms with Crippen molar-refractivity contribution >= 4 is 23.3 Å². The standard InChI is InChI=1S/C26H27FN4O2/c1-18-15-31(16-19-7-3-2-4-8-19)17-24(18)30-26(33)29-22-11-5-9-20(13-22)25(32)28-23-12-6-10-21(27)14-23/h2-14,18,24H,15-17H2,1H3,(H,28,32)(H2,29,30,33). The van der Waals surface area contributed by atoms with Crippen molar-refractivity contribution in [3.63, 3.8) is 0 Å². The van der Waals surface area contributed by atoms with Gasteiger partial charge in [-0.3, -0.25) is 9.69 Å². The van der Waals surface area contributed by atoms with E-state index in [0.717, 1.165) is 19.6 Å². The molecule has 1 heterocycles. The molecule has 170 valence electrons. The summed E-state index contributed by atoms with van der Waals surface area (Å²) in [7, 11) is 0. The summed E-state index contributed by atoms with van der Waals surface area (Å²) < 4.78 is 13.3. The summed E-state index contributed by atoms with van der Waals surface area (Å²) in [6.45, 7) is 4.68. The highest BCUT2D eigenvalue weighted by molar-refractivity contribution is 6.05. The summed E-state index contributed by atoms with van der Waals surface area (Å²) in [5, 5.41) is 8.52. The first-order valence-electron chi connectivity index (χ1n) is 11.0. The largest absolute Gasteiger partial charge is 0.334 e. The first kappa shape index (κ1) is 22.5. The molecule has 3 N–H and O–H groups in total. The van der Waals surface area contributed by atoms with Crippen LogP contribution in [0, 0.1) is 11.7 Å². The van der Waals surface area contributed by atoms with Gasteiger partial charge in [-0.25, -0.2) is 9.18 Å². The summed E-state index contributed by atoms with van der Waals surface area (Å²) in [5.41, 5.74) is 2.49. The predicted octanol–water partition coefficient (Wildman–Crippen LogP) is 4.72. The summed E-state index contributed by atoms with van der Waals surface area (Å²) in [6.07, 6.45) is 0. The molecule has 3 aromatic rings. The highest BCUT2D eigenvalue weighted by Gasteiger charge is 2.30. The minimum Gasteiger partial charge on any atom is -0.334 e. The van der Waals surface area contributed by atoms with Gasteiger partial charge >= 0.3 is 6.03 Å². The van der Waals surface area contributed by atoms with Crippen LogP contribution in [0.1, 0.15) is 22.8 Å². The summed E-state index contributed by atoms with van der Waals surface area (Å²) in [6, 6.07) is 22.3. The molecule has 1 saturated heterocycles. The number of rotatable bonds is 6. The Balaban J connectivity index is 1.31. The number of hydrogen-bond donors (Lipinski definition) is 3. The molecule has 4 rings (SSSR count). The maximum absolute atomic E-state index is 13.3. The third kappa shape index (κ3) is 6.17. The quantitative estimate of drug-likeness (QED) is 0.513. The van der Waals surface area contributed by atoms with Crippen LogP contribution in [0.15, 0.2) is 78.9 Å². The fraction of sp³-hybridized carbons (Fsp3) is 0.231. The second kappa shape index (κ2) is 10.3. The van der Waals surface area contributed by atoms with Gasteiger partial charge in [-0.05, 0) is 47.9 Å². The molecule has 1 fully saturated rings. The molecule has 0 aromatic heterocycles. The van der Waals surface area contributed by atoms with Crippen LogP contribution in [0.25, 0.3) is 0 Å². The Labute approximate surface area is 192 Å². The van der Waals surface area contributed by atoms with Crippen molar-refractivity contribution in [3.05, 3.63) is 95.8 Å². The first-order chi connectivity index (χ1) is 16.0. The molecule has 2 unspecified atom stereocenters. The third-order valence-corrected chi connectivity index (χ3v) is 5.72. The normalized spacial score (nSPS) is 18.0. The monoisotopic (exact) mass is 446 g/mol. The van der Waals surface area contributed by atoms with Gasteiger partial charge in [0.05, 0.1) is 0 Å². The fourth-order valence-electron chi connectivity index (χ4n) is 4.07. The number of hydrogen-bond acceptors (Lipinski definition) is 3. The van der Waals surface area contributed by atoms with E-state index in [1.165, 1.54) is 23.8 Å². The minimum absolute atomic E-state index is 0.0353. The van der Waals surface area contributed by atoms with Crippen LogP contribution in [-0.2, 0) is 6.54 Å². The lowest BCUT2D eigenvalue weighted by atomic mass is 10.1. The second-order valence-corrected chi connectivity index (χ2v) is 8.41. The number of nitrogens with zero attached hydrogens (tertiary/aromatic N) is 1. The van der Waals surface area contributed by atoms with Crippen LogP contribution in [-0.4, -0.2) is 36.0 Å². The van der Waals surface area contributed by atoms with Crippen molar-refractivity contribution in [1.82, 2.24) is 10.2 Å². The second-order valence-electron chi connectivity index (χ2n) is 8.41. The number of amides is 3. The molecule has 33 heavy (non-hydrogen) atoms. The van der Waals surface area contributed by atoms with Gasteiger partial charge in [0.2, 0.25) is 0 Å². The number of nitrogens with one attached hydrogen (secondary N) is 3. The predicted molar refractivity (Wildman–Crippen MR) is 128 cm³/mol. The lowest BCUT2D eigenvalue weighted by molar-refractivity contribution is 0.102. The summed E-state index contributed by atoms with van der Waals surface area (Å²) >= 11 is 0. The zero-order valence-electron chi connectivity index (χ0n) is 18.4. The molecular formula is C26H27FN4O2. The van der Waals surface area contributed by atoms with E-state index in [4.69, 9.17) is 0 Å². The molecule has 3 amide bonds. The summed E-state index contributed by atoms with van der Waals surface area (Å²) in [5.74, 6) is -0.489. The highest BCUT2D eigenvalue weighted by Crippen LogP contribution is 2.20. The molecule has 3 aromatic carbocycles. The van der Waals surface area contributed by atoms with Crippen molar-refractivity contribution in [3.8, 4) is 0 Å². The number of benzene rings is 3. The van der Waals surface area contributed by atoms with E-state index >= 15 is 0 Å². The van der Waals surface area contributed by atoms with Crippen LogP contribution in [0.4, 0.5) is 20.6 Å². The highest BCUT2D eigenvalue weighted by atomic mass is 19.1. The lowest BCUT2D eigenvalue weighted by Gasteiger charge is -2.18. The van der Waals surface area contributed by atoms with E-state index in [-0.39, 0.29) is 18.0 Å². The van der Waals surface area contributed by atoms with Gasteiger partial charge in [-0.1, -0.05) is 49.4 Å². The molecule has 2 atom stereocenters. The van der Waals surface area contributed by atoms with Gasteiger partial charge in [0.15, 0.2) is 0 Å². The average Bonchev–Trinajstić information content (AvgIpc) is 3.12. The molecule has 0 radical (unpaired) electrons. The molecule has 0 bridgehead atoms. The van der Waals surface area contributed by atoms with Crippen LogP contribution in [0.2, 0.25) is 0 Å². The lowest BCUT2D eigenvalue weighted by Crippen LogP contribution is -2.42. The average molecular weight is 447 g/mol. The number of carbonyl (C=O) groups is 2. The number of halogens is 1. The zero-order valence-corrected chi connectivity index (χ0v) is 18.4. The van der Waals surface area contributed by atoms with Gasteiger partial charge in [-0.2, -0.15) is 0 Å². The molecule has 7 heteroatoms. The van der Waals surface area contributed by atoms with Gasteiger partial charge < -0.3 is 16.0 Å². The number of anilines is 2. The van der Waals surface area contributed by atoms with E-state index in [2.05, 4.69) is 39.9 Å². The smallest absolute Gasteiger partial charge is 0.319 e. The molecular weight excluding hydrogens is 419 g/mol. The number of urea groups is 1. The van der Waals surface area contributed by atoms with E-state index < -0.39 is 5.82 Å². The SMILES string of the molecule is CC1CN(Cc2ccccc2)CC1NC(=O)Nc1cccc(C(=O)Nc2cccc(F)c2)c1. The minimum atomic E-state index is -0.427. The van der Waals surface area contributed by atoms with Gasteiger partial charge in [0.1, 0.15) is 5.82 Å². The Morgan fingerprint density at radius 2 is 1.64 bits per heavy atom. The first-order valence-corrected chi connectivity index (χ1v) is 11.0. The van der Waals surface area contributed by atoms with E-state index in [9.17, 15) is 14.0 Å². The van der Waals surface area contributed by atoms with Crippen LogP contribution in [0.5, 0.6) is 0 Å². The maximum Gasteiger partial charge on any atom is 0.319 e. The maximum atomic E-state index is 13.3. The molecule has 0 spiro atoms. The van der Waals surface area contributed by atoms with Crippen LogP contribution in [0.3, 0.4) is 0 Å². The van der Waals surface area contributed by atoms with E-state index in [0.29, 0.717) is 22.9 Å². The van der Waals surface area contributed by atoms with Gasteiger partial charge in [0, 0.05) is 42.6 Å². The fourth-order valence-corrected chi connectivity index (χ4v) is 4.07. The van der Waals surface area contributed by atoms with Gasteiger partial charge in [0.25, 0.3) is 5.91 Å². The molecule has 6 nitrogen and oxygen atoms in total. The Bertz CT molecular complexity index is 1120.